The lowest BCUT2D eigenvalue weighted by Gasteiger charge is -2.36. The number of carbonyl (C=O) groups excluding carboxylic acids is 2. The minimum Gasteiger partial charge on any atom is -0.503 e. The van der Waals surface area contributed by atoms with E-state index >= 15 is 0 Å². The number of phenols is 1. The van der Waals surface area contributed by atoms with Gasteiger partial charge in [0.25, 0.3) is 0 Å². The standard InChI is InChI=1S/C32H38ClN3O5/c1-32(2,3)41-31(39)36(4)22-11-9-21(10-12-22)35-28-23-14-19(20-15-25(33)30(38)27(16-20)40-5)8-13-26(23)34-17-24(28)29(37)18-6-7-18/h8,13-18,21-22,38H,6-7,9-12H2,1-5H3,(H,34,35)/t21-,22-. The number of halogens is 1. The highest BCUT2D eigenvalue weighted by atomic mass is 35.5. The number of nitrogens with one attached hydrogen (secondary N) is 1. The Morgan fingerprint density at radius 1 is 1.05 bits per heavy atom. The summed E-state index contributed by atoms with van der Waals surface area (Å²) in [6.07, 6.45) is 6.58. The van der Waals surface area contributed by atoms with Crippen molar-refractivity contribution in [2.24, 2.45) is 5.92 Å². The Kier molecular flexibility index (Phi) is 8.06. The molecule has 41 heavy (non-hydrogen) atoms. The van der Waals surface area contributed by atoms with Gasteiger partial charge in [-0.3, -0.25) is 9.78 Å². The number of rotatable bonds is 7. The van der Waals surface area contributed by atoms with Crippen molar-refractivity contribution in [3.05, 3.63) is 47.1 Å². The van der Waals surface area contributed by atoms with E-state index < -0.39 is 5.60 Å². The average molecular weight is 580 g/mol. The second kappa shape index (κ2) is 11.4. The van der Waals surface area contributed by atoms with Crippen molar-refractivity contribution in [3.8, 4) is 22.6 Å². The van der Waals surface area contributed by atoms with Gasteiger partial charge in [0.15, 0.2) is 17.3 Å². The number of hydrogen-bond donors (Lipinski definition) is 2. The molecule has 0 atom stereocenters. The lowest BCUT2D eigenvalue weighted by molar-refractivity contribution is 0.0185. The van der Waals surface area contributed by atoms with Crippen LogP contribution in [0.5, 0.6) is 11.5 Å². The summed E-state index contributed by atoms with van der Waals surface area (Å²) in [6.45, 7) is 5.62. The van der Waals surface area contributed by atoms with Crippen molar-refractivity contribution >= 4 is 40.1 Å². The molecule has 218 valence electrons. The van der Waals surface area contributed by atoms with Crippen LogP contribution < -0.4 is 10.1 Å². The molecule has 2 aliphatic carbocycles. The van der Waals surface area contributed by atoms with Crippen LogP contribution in [0.2, 0.25) is 5.02 Å². The molecule has 0 unspecified atom stereocenters. The second-order valence-corrected chi connectivity index (χ2v) is 12.6. The summed E-state index contributed by atoms with van der Waals surface area (Å²) in [5.74, 6) is 0.360. The third kappa shape index (κ3) is 6.38. The molecule has 2 fully saturated rings. The predicted octanol–water partition coefficient (Wildman–Crippen LogP) is 7.45. The molecule has 0 radical (unpaired) electrons. The molecule has 0 bridgehead atoms. The summed E-state index contributed by atoms with van der Waals surface area (Å²) in [4.78, 5) is 32.3. The fourth-order valence-electron chi connectivity index (χ4n) is 5.47. The minimum absolute atomic E-state index is 0.0522. The molecule has 2 aromatic carbocycles. The molecule has 8 nitrogen and oxygen atoms in total. The van der Waals surface area contributed by atoms with Gasteiger partial charge in [-0.05, 0) is 94.7 Å². The van der Waals surface area contributed by atoms with E-state index in [4.69, 9.17) is 21.1 Å². The van der Waals surface area contributed by atoms with Crippen molar-refractivity contribution in [1.29, 1.82) is 0 Å². The fraction of sp³-hybridized carbons (Fsp3) is 0.469. The number of carbonyl (C=O) groups is 2. The maximum absolute atomic E-state index is 13.4. The first-order chi connectivity index (χ1) is 19.4. The predicted molar refractivity (Wildman–Crippen MR) is 161 cm³/mol. The SMILES string of the molecule is COc1cc(-c2ccc3ncc(C(=O)C4CC4)c(N[C@H]4CC[C@H](N(C)C(=O)OC(C)(C)C)CC4)c3c2)cc(Cl)c1O. The Bertz CT molecular complexity index is 1470. The molecule has 5 rings (SSSR count). The number of pyridine rings is 1. The minimum atomic E-state index is -0.535. The third-order valence-corrected chi connectivity index (χ3v) is 8.23. The van der Waals surface area contributed by atoms with Crippen LogP contribution in [0.3, 0.4) is 0 Å². The number of hydrogen-bond acceptors (Lipinski definition) is 7. The van der Waals surface area contributed by atoms with Gasteiger partial charge in [0.1, 0.15) is 5.60 Å². The number of nitrogens with zero attached hydrogens (tertiary/aromatic N) is 2. The van der Waals surface area contributed by atoms with Gasteiger partial charge in [-0.1, -0.05) is 17.7 Å². The van der Waals surface area contributed by atoms with Crippen molar-refractivity contribution in [1.82, 2.24) is 9.88 Å². The molecule has 3 aromatic rings. The summed E-state index contributed by atoms with van der Waals surface area (Å²) < 4.78 is 10.9. The number of benzene rings is 2. The maximum atomic E-state index is 13.4. The molecule has 9 heteroatoms. The number of ketones is 1. The van der Waals surface area contributed by atoms with Gasteiger partial charge < -0.3 is 24.8 Å². The van der Waals surface area contributed by atoms with Gasteiger partial charge in [0.05, 0.1) is 28.9 Å². The summed E-state index contributed by atoms with van der Waals surface area (Å²) in [5, 5.41) is 15.0. The molecule has 2 saturated carbocycles. The zero-order chi connectivity index (χ0) is 29.5. The smallest absolute Gasteiger partial charge is 0.410 e. The van der Waals surface area contributed by atoms with Gasteiger partial charge in [-0.2, -0.15) is 0 Å². The van der Waals surface area contributed by atoms with E-state index in [-0.39, 0.29) is 46.4 Å². The van der Waals surface area contributed by atoms with Crippen LogP contribution in [0.4, 0.5) is 10.5 Å². The van der Waals surface area contributed by atoms with Gasteiger partial charge >= 0.3 is 6.09 Å². The maximum Gasteiger partial charge on any atom is 0.410 e. The summed E-state index contributed by atoms with van der Waals surface area (Å²) in [6, 6.07) is 9.57. The van der Waals surface area contributed by atoms with E-state index in [1.807, 2.05) is 39.0 Å². The quantitative estimate of drug-likeness (QED) is 0.280. The van der Waals surface area contributed by atoms with Gasteiger partial charge in [0.2, 0.25) is 0 Å². The first-order valence-electron chi connectivity index (χ1n) is 14.2. The highest BCUT2D eigenvalue weighted by Gasteiger charge is 2.34. The average Bonchev–Trinajstić information content (AvgIpc) is 3.79. The van der Waals surface area contributed by atoms with Crippen LogP contribution in [0.1, 0.15) is 69.7 Å². The Labute approximate surface area is 246 Å². The number of anilines is 1. The van der Waals surface area contributed by atoms with Crippen LogP contribution in [-0.2, 0) is 4.74 Å². The lowest BCUT2D eigenvalue weighted by Crippen LogP contribution is -2.43. The molecule has 1 heterocycles. The fourth-order valence-corrected chi connectivity index (χ4v) is 5.68. The monoisotopic (exact) mass is 579 g/mol. The van der Waals surface area contributed by atoms with Gasteiger partial charge in [-0.25, -0.2) is 4.79 Å². The second-order valence-electron chi connectivity index (χ2n) is 12.2. The van der Waals surface area contributed by atoms with Crippen molar-refractivity contribution in [3.63, 3.8) is 0 Å². The number of ether oxygens (including phenoxy) is 2. The number of aromatic hydroxyl groups is 1. The van der Waals surface area contributed by atoms with E-state index in [9.17, 15) is 14.7 Å². The third-order valence-electron chi connectivity index (χ3n) is 7.94. The van der Waals surface area contributed by atoms with E-state index in [0.717, 1.165) is 66.2 Å². The van der Waals surface area contributed by atoms with Crippen LogP contribution in [0, 0.1) is 5.92 Å². The number of methoxy groups -OCH3 is 1. The normalized spacial score (nSPS) is 19.1. The van der Waals surface area contributed by atoms with Gasteiger partial charge in [-0.15, -0.1) is 0 Å². The Balaban J connectivity index is 1.44. The van der Waals surface area contributed by atoms with E-state index in [1.54, 1.807) is 30.3 Å². The van der Waals surface area contributed by atoms with Crippen molar-refractivity contribution < 1.29 is 24.2 Å². The van der Waals surface area contributed by atoms with Crippen LogP contribution in [0.25, 0.3) is 22.0 Å². The Morgan fingerprint density at radius 3 is 2.39 bits per heavy atom. The van der Waals surface area contributed by atoms with E-state index in [2.05, 4.69) is 10.3 Å². The van der Waals surface area contributed by atoms with Crippen molar-refractivity contribution in [2.45, 2.75) is 77.0 Å². The molecular weight excluding hydrogens is 542 g/mol. The zero-order valence-electron chi connectivity index (χ0n) is 24.3. The lowest BCUT2D eigenvalue weighted by atomic mass is 9.89. The van der Waals surface area contributed by atoms with Crippen molar-refractivity contribution in [2.75, 3.05) is 19.5 Å². The molecule has 0 spiro atoms. The summed E-state index contributed by atoms with van der Waals surface area (Å²) >= 11 is 6.29. The molecule has 1 aromatic heterocycles. The molecular formula is C32H38ClN3O5. The summed E-state index contributed by atoms with van der Waals surface area (Å²) in [7, 11) is 3.29. The van der Waals surface area contributed by atoms with Crippen LogP contribution in [0.15, 0.2) is 36.5 Å². The first kappa shape index (κ1) is 29.0. The van der Waals surface area contributed by atoms with Gasteiger partial charge in [0, 0.05) is 36.6 Å². The topological polar surface area (TPSA) is 101 Å². The number of amides is 1. The highest BCUT2D eigenvalue weighted by Crippen LogP contribution is 2.41. The molecule has 0 saturated heterocycles. The summed E-state index contributed by atoms with van der Waals surface area (Å²) in [5.41, 5.74) is 3.30. The molecule has 0 aliphatic heterocycles. The zero-order valence-corrected chi connectivity index (χ0v) is 25.0. The largest absolute Gasteiger partial charge is 0.503 e. The van der Waals surface area contributed by atoms with E-state index in [0.29, 0.717) is 5.56 Å². The molecule has 2 aliphatic rings. The Hall–Kier alpha value is -3.52. The highest BCUT2D eigenvalue weighted by molar-refractivity contribution is 6.32. The number of Topliss-reactive ketones (excluding diaryl/α,β-unsaturated/α-hetero) is 1. The van der Waals surface area contributed by atoms with Crippen LogP contribution >= 0.6 is 11.6 Å². The van der Waals surface area contributed by atoms with Crippen LogP contribution in [-0.4, -0.2) is 58.7 Å². The molecule has 1 amide bonds. The number of phenolic OH excluding ortho intramolecular Hbond substituents is 1. The number of aromatic nitrogens is 1. The Morgan fingerprint density at radius 2 is 1.76 bits per heavy atom. The molecule has 2 N–H and O–H groups in total. The number of fused-ring (bicyclic) bond motifs is 1. The first-order valence-corrected chi connectivity index (χ1v) is 14.6. The van der Waals surface area contributed by atoms with E-state index in [1.165, 1.54) is 7.11 Å².